The number of carboxylic acids is 2. The van der Waals surface area contributed by atoms with E-state index >= 15 is 0 Å². The van der Waals surface area contributed by atoms with Crippen molar-refractivity contribution in [2.24, 2.45) is 11.8 Å². The second-order valence-corrected chi connectivity index (χ2v) is 8.22. The third-order valence-corrected chi connectivity index (χ3v) is 5.59. The Labute approximate surface area is 190 Å². The number of aliphatic carboxylic acids is 2. The number of hydrogen-bond acceptors (Lipinski definition) is 6. The zero-order valence-electron chi connectivity index (χ0n) is 17.6. The largest absolute Gasteiger partial charge is 2.00 e. The van der Waals surface area contributed by atoms with E-state index < -0.39 is 22.4 Å². The molecule has 0 aliphatic carbocycles. The van der Waals surface area contributed by atoms with Gasteiger partial charge in [-0.2, -0.15) is 25.3 Å². The summed E-state index contributed by atoms with van der Waals surface area (Å²) in [6.07, 6.45) is 10.2. The summed E-state index contributed by atoms with van der Waals surface area (Å²) in [5.41, 5.74) is 0. The molecule has 0 heterocycles. The molecule has 0 radical (unpaired) electrons. The van der Waals surface area contributed by atoms with Crippen LogP contribution in [0, 0.1) is 11.8 Å². The Kier molecular flexibility index (Phi) is 24.8. The summed E-state index contributed by atoms with van der Waals surface area (Å²) in [5, 5.41) is 19.7. The zero-order valence-corrected chi connectivity index (χ0v) is 22.4. The van der Waals surface area contributed by atoms with Gasteiger partial charge in [0.2, 0.25) is 0 Å². The SMILES string of the molecule is CCCCC(CC)CC(S)C(=O)[O-].CCCCC(CC)CC(S)C(=O)[O-].[Zn+2]. The fraction of sp³-hybridized carbons (Fsp3) is 0.900. The quantitative estimate of drug-likeness (QED) is 0.301. The Bertz CT molecular complexity index is 336. The molecule has 0 aromatic heterocycles. The van der Waals surface area contributed by atoms with E-state index in [2.05, 4.69) is 53.0 Å². The van der Waals surface area contributed by atoms with Gasteiger partial charge in [-0.1, -0.05) is 79.1 Å². The van der Waals surface area contributed by atoms with Gasteiger partial charge in [0.25, 0.3) is 0 Å². The molecule has 4 atom stereocenters. The molecule has 0 fully saturated rings. The average Bonchev–Trinajstić information content (AvgIpc) is 2.61. The van der Waals surface area contributed by atoms with E-state index in [1.165, 1.54) is 25.7 Å². The molecule has 0 amide bonds. The molecule has 0 spiro atoms. The van der Waals surface area contributed by atoms with E-state index in [1.807, 2.05) is 0 Å². The fourth-order valence-corrected chi connectivity index (χ4v) is 3.38. The van der Waals surface area contributed by atoms with Crippen LogP contribution in [-0.4, -0.2) is 22.4 Å². The molecule has 0 aliphatic heterocycles. The second-order valence-electron chi connectivity index (χ2n) is 6.97. The van der Waals surface area contributed by atoms with Gasteiger partial charge in [0.1, 0.15) is 0 Å². The van der Waals surface area contributed by atoms with Crippen molar-refractivity contribution < 1.29 is 39.3 Å². The number of hydrogen-bond donors (Lipinski definition) is 2. The van der Waals surface area contributed by atoms with Crippen molar-refractivity contribution in [3.8, 4) is 0 Å². The number of rotatable bonds is 14. The minimum atomic E-state index is -1.04. The molecule has 0 saturated heterocycles. The molecule has 0 saturated carbocycles. The van der Waals surface area contributed by atoms with Crippen LogP contribution in [0.5, 0.6) is 0 Å². The van der Waals surface area contributed by atoms with Crippen LogP contribution in [0.25, 0.3) is 0 Å². The number of carboxylic acid groups (broad SMARTS) is 2. The van der Waals surface area contributed by atoms with Crippen molar-refractivity contribution in [3.05, 3.63) is 0 Å². The van der Waals surface area contributed by atoms with Crippen LogP contribution in [0.1, 0.15) is 91.9 Å². The summed E-state index contributed by atoms with van der Waals surface area (Å²) in [7, 11) is 0. The van der Waals surface area contributed by atoms with E-state index in [9.17, 15) is 19.8 Å². The van der Waals surface area contributed by atoms with Crippen molar-refractivity contribution >= 4 is 37.2 Å². The molecule has 27 heavy (non-hydrogen) atoms. The van der Waals surface area contributed by atoms with E-state index in [0.717, 1.165) is 25.7 Å². The van der Waals surface area contributed by atoms with Crippen molar-refractivity contribution in [1.82, 2.24) is 0 Å². The Hall–Kier alpha value is 0.263. The third kappa shape index (κ3) is 19.4. The van der Waals surface area contributed by atoms with Crippen LogP contribution in [0.3, 0.4) is 0 Å². The summed E-state index contributed by atoms with van der Waals surface area (Å²) in [4.78, 5) is 20.9. The van der Waals surface area contributed by atoms with Gasteiger partial charge < -0.3 is 19.8 Å². The minimum Gasteiger partial charge on any atom is -0.549 e. The van der Waals surface area contributed by atoms with E-state index in [-0.39, 0.29) is 19.5 Å². The molecule has 0 aromatic rings. The van der Waals surface area contributed by atoms with Crippen LogP contribution in [0.4, 0.5) is 0 Å². The standard InChI is InChI=1S/2C10H20O2S.Zn/c2*1-3-5-6-8(4-2)7-9(13)10(11)12;/h2*8-9,13H,3-7H2,1-2H3,(H,11,12);/q;;+2/p-2. The first-order valence-corrected chi connectivity index (χ1v) is 11.0. The molecule has 4 nitrogen and oxygen atoms in total. The van der Waals surface area contributed by atoms with E-state index in [1.54, 1.807) is 0 Å². The molecule has 0 aliphatic rings. The fourth-order valence-electron chi connectivity index (χ4n) is 2.79. The van der Waals surface area contributed by atoms with Crippen molar-refractivity contribution in [1.29, 1.82) is 0 Å². The Morgan fingerprint density at radius 3 is 1.22 bits per heavy atom. The van der Waals surface area contributed by atoms with Crippen LogP contribution in [-0.2, 0) is 29.1 Å². The monoisotopic (exact) mass is 470 g/mol. The predicted octanol–water partition coefficient (Wildman–Crippen LogP) is 3.28. The Morgan fingerprint density at radius 1 is 0.741 bits per heavy atom. The number of carbonyl (C=O) groups excluding carboxylic acids is 2. The maximum Gasteiger partial charge on any atom is 2.00 e. The Morgan fingerprint density at radius 2 is 1.04 bits per heavy atom. The first kappa shape index (κ1) is 31.9. The molecule has 4 unspecified atom stereocenters. The smallest absolute Gasteiger partial charge is 0.549 e. The van der Waals surface area contributed by atoms with Gasteiger partial charge in [0, 0.05) is 10.5 Å². The molecule has 0 aromatic carbocycles. The number of unbranched alkanes of at least 4 members (excludes halogenated alkanes) is 2. The van der Waals surface area contributed by atoms with Gasteiger partial charge >= 0.3 is 19.5 Å². The average molecular weight is 472 g/mol. The van der Waals surface area contributed by atoms with Crippen LogP contribution < -0.4 is 10.2 Å². The summed E-state index contributed by atoms with van der Waals surface area (Å²) in [6, 6.07) is 0. The summed E-state index contributed by atoms with van der Waals surface area (Å²) >= 11 is 7.96. The molecular formula is C20H38O4S2Zn. The number of thiol groups is 2. The van der Waals surface area contributed by atoms with Crippen LogP contribution in [0.2, 0.25) is 0 Å². The van der Waals surface area contributed by atoms with Gasteiger partial charge in [0.05, 0.1) is 11.9 Å². The Balaban J connectivity index is -0.000000411. The third-order valence-electron chi connectivity index (χ3n) is 4.74. The topological polar surface area (TPSA) is 80.3 Å². The van der Waals surface area contributed by atoms with Crippen molar-refractivity contribution in [2.75, 3.05) is 0 Å². The summed E-state index contributed by atoms with van der Waals surface area (Å²) in [5.74, 6) is -1.11. The molecule has 156 valence electrons. The maximum atomic E-state index is 10.4. The summed E-state index contributed by atoms with van der Waals surface area (Å²) in [6.45, 7) is 8.47. The predicted molar refractivity (Wildman–Crippen MR) is 111 cm³/mol. The van der Waals surface area contributed by atoms with Gasteiger partial charge in [-0.25, -0.2) is 0 Å². The first-order chi connectivity index (χ1) is 12.2. The van der Waals surface area contributed by atoms with Gasteiger partial charge in [0.15, 0.2) is 0 Å². The molecule has 0 rings (SSSR count). The van der Waals surface area contributed by atoms with Crippen molar-refractivity contribution in [3.63, 3.8) is 0 Å². The van der Waals surface area contributed by atoms with Crippen molar-refractivity contribution in [2.45, 2.75) is 102 Å². The van der Waals surface area contributed by atoms with E-state index in [0.29, 0.717) is 24.7 Å². The minimum absolute atomic E-state index is 0. The van der Waals surface area contributed by atoms with Gasteiger partial charge in [-0.3, -0.25) is 0 Å². The first-order valence-electron chi connectivity index (χ1n) is 10.0. The molecule has 0 bridgehead atoms. The van der Waals surface area contributed by atoms with E-state index in [4.69, 9.17) is 0 Å². The maximum absolute atomic E-state index is 10.4. The molecule has 7 heteroatoms. The molecular weight excluding hydrogens is 434 g/mol. The number of carbonyl (C=O) groups is 2. The zero-order chi connectivity index (χ0) is 20.5. The van der Waals surface area contributed by atoms with Gasteiger partial charge in [-0.15, -0.1) is 0 Å². The normalized spacial score (nSPS) is 14.7. The van der Waals surface area contributed by atoms with Crippen LogP contribution in [0.15, 0.2) is 0 Å². The van der Waals surface area contributed by atoms with Gasteiger partial charge in [-0.05, 0) is 24.7 Å². The van der Waals surface area contributed by atoms with Crippen LogP contribution >= 0.6 is 25.3 Å². The second kappa shape index (κ2) is 21.0. The summed E-state index contributed by atoms with van der Waals surface area (Å²) < 4.78 is 0. The molecule has 0 N–H and O–H groups in total.